The van der Waals surface area contributed by atoms with Gasteiger partial charge in [-0.1, -0.05) is 12.2 Å². The van der Waals surface area contributed by atoms with Crippen LogP contribution in [0.15, 0.2) is 40.3 Å². The van der Waals surface area contributed by atoms with Crippen LogP contribution >= 0.6 is 11.3 Å². The first-order valence-electron chi connectivity index (χ1n) is 4.33. The maximum absolute atomic E-state index is 3.34. The molecule has 0 bridgehead atoms. The summed E-state index contributed by atoms with van der Waals surface area (Å²) in [6.07, 6.45) is 4.10. The molecule has 0 aliphatic rings. The topological polar surface area (TPSA) is 0 Å². The summed E-state index contributed by atoms with van der Waals surface area (Å²) in [4.78, 5) is 0. The standard InChI is InChI=1S/C12H14S/c1-4-5-10(2)8-11(3)12-6-7-13-9-12/h4-7,9H,1-3H3/b5-4+. The molecular formula is C12H14S. The van der Waals surface area contributed by atoms with Gasteiger partial charge in [-0.25, -0.2) is 0 Å². The van der Waals surface area contributed by atoms with E-state index in [1.54, 1.807) is 11.3 Å². The zero-order chi connectivity index (χ0) is 9.68. The first kappa shape index (κ1) is 10.0. The number of allylic oxidation sites excluding steroid dienone is 3. The molecule has 0 radical (unpaired) electrons. The summed E-state index contributed by atoms with van der Waals surface area (Å²) in [7, 11) is 0. The summed E-state index contributed by atoms with van der Waals surface area (Å²) >= 11 is 1.72. The molecule has 0 spiro atoms. The lowest BCUT2D eigenvalue weighted by Crippen LogP contribution is -1.71. The molecular weight excluding hydrogens is 176 g/mol. The van der Waals surface area contributed by atoms with E-state index in [0.29, 0.717) is 0 Å². The average Bonchev–Trinajstić information content (AvgIpc) is 2.55. The van der Waals surface area contributed by atoms with Crippen molar-refractivity contribution in [3.05, 3.63) is 45.8 Å². The van der Waals surface area contributed by atoms with Crippen molar-refractivity contribution in [3.8, 4) is 0 Å². The highest BCUT2D eigenvalue weighted by Crippen LogP contribution is 2.16. The first-order valence-corrected chi connectivity index (χ1v) is 5.27. The summed E-state index contributed by atoms with van der Waals surface area (Å²) < 4.78 is 0. The van der Waals surface area contributed by atoms with E-state index < -0.39 is 0 Å². The minimum Gasteiger partial charge on any atom is -0.152 e. The van der Waals surface area contributed by atoms with E-state index in [0.717, 1.165) is 0 Å². The molecule has 0 aliphatic heterocycles. The molecule has 0 fully saturated rings. The third-order valence-corrected chi connectivity index (χ3v) is 2.44. The quantitative estimate of drug-likeness (QED) is 0.482. The molecule has 1 rings (SSSR count). The number of hydrogen-bond acceptors (Lipinski definition) is 1. The average molecular weight is 190 g/mol. The molecule has 0 saturated heterocycles. The fourth-order valence-electron chi connectivity index (χ4n) is 1.14. The van der Waals surface area contributed by atoms with E-state index in [1.165, 1.54) is 16.7 Å². The van der Waals surface area contributed by atoms with Gasteiger partial charge >= 0.3 is 0 Å². The van der Waals surface area contributed by atoms with Gasteiger partial charge in [0, 0.05) is 0 Å². The first-order chi connectivity index (χ1) is 6.24. The van der Waals surface area contributed by atoms with E-state index in [1.807, 2.05) is 13.0 Å². The zero-order valence-corrected chi connectivity index (χ0v) is 9.11. The van der Waals surface area contributed by atoms with Crippen LogP contribution in [0.5, 0.6) is 0 Å². The summed E-state index contributed by atoms with van der Waals surface area (Å²) in [6.45, 7) is 6.18. The van der Waals surface area contributed by atoms with E-state index in [2.05, 4.69) is 42.5 Å². The second kappa shape index (κ2) is 4.86. The third kappa shape index (κ3) is 3.06. The molecule has 0 aliphatic carbocycles. The second-order valence-electron chi connectivity index (χ2n) is 2.95. The van der Waals surface area contributed by atoms with Gasteiger partial charge in [0.05, 0.1) is 0 Å². The third-order valence-electron chi connectivity index (χ3n) is 1.76. The summed E-state index contributed by atoms with van der Waals surface area (Å²) in [5.41, 5.74) is 6.99. The van der Waals surface area contributed by atoms with Crippen LogP contribution in [-0.4, -0.2) is 0 Å². The van der Waals surface area contributed by atoms with Gasteiger partial charge in [0.2, 0.25) is 0 Å². The Morgan fingerprint density at radius 3 is 2.77 bits per heavy atom. The van der Waals surface area contributed by atoms with Crippen LogP contribution in [0, 0.1) is 0 Å². The van der Waals surface area contributed by atoms with Gasteiger partial charge in [-0.15, -0.1) is 5.73 Å². The summed E-state index contributed by atoms with van der Waals surface area (Å²) in [5.74, 6) is 0. The Balaban J connectivity index is 3.01. The Kier molecular flexibility index (Phi) is 3.75. The predicted octanol–water partition coefficient (Wildman–Crippen LogP) is 4.27. The number of hydrogen-bond donors (Lipinski definition) is 0. The molecule has 0 unspecified atom stereocenters. The van der Waals surface area contributed by atoms with Gasteiger partial charge in [-0.2, -0.15) is 11.3 Å². The molecule has 0 nitrogen and oxygen atoms in total. The number of thiophene rings is 1. The fraction of sp³-hybridized carbons (Fsp3) is 0.250. The van der Waals surface area contributed by atoms with Crippen molar-refractivity contribution >= 4 is 16.9 Å². The minimum absolute atomic E-state index is 1.17. The van der Waals surface area contributed by atoms with Gasteiger partial charge in [-0.05, 0) is 54.3 Å². The highest BCUT2D eigenvalue weighted by molar-refractivity contribution is 7.08. The van der Waals surface area contributed by atoms with Crippen molar-refractivity contribution in [1.29, 1.82) is 0 Å². The van der Waals surface area contributed by atoms with Crippen LogP contribution in [0.4, 0.5) is 0 Å². The van der Waals surface area contributed by atoms with E-state index in [-0.39, 0.29) is 0 Å². The Morgan fingerprint density at radius 2 is 2.23 bits per heavy atom. The largest absolute Gasteiger partial charge is 0.152 e. The molecule has 0 N–H and O–H groups in total. The molecule has 1 aromatic heterocycles. The lowest BCUT2D eigenvalue weighted by atomic mass is 10.1. The smallest absolute Gasteiger partial charge is 0.000788 e. The Labute approximate surface area is 83.9 Å². The van der Waals surface area contributed by atoms with Crippen LogP contribution in [0.1, 0.15) is 26.3 Å². The normalized spacial score (nSPS) is 10.1. The molecule has 0 aromatic carbocycles. The summed E-state index contributed by atoms with van der Waals surface area (Å²) in [5, 5.41) is 4.23. The Hall–Kier alpha value is -1.04. The molecule has 13 heavy (non-hydrogen) atoms. The lowest BCUT2D eigenvalue weighted by molar-refractivity contribution is 1.51. The van der Waals surface area contributed by atoms with Gasteiger partial charge < -0.3 is 0 Å². The second-order valence-corrected chi connectivity index (χ2v) is 3.73. The molecule has 1 heteroatoms. The van der Waals surface area contributed by atoms with Crippen molar-refractivity contribution in [2.75, 3.05) is 0 Å². The zero-order valence-electron chi connectivity index (χ0n) is 8.29. The summed E-state index contributed by atoms with van der Waals surface area (Å²) in [6, 6.07) is 2.12. The van der Waals surface area contributed by atoms with E-state index in [9.17, 15) is 0 Å². The van der Waals surface area contributed by atoms with Crippen molar-refractivity contribution in [3.63, 3.8) is 0 Å². The van der Waals surface area contributed by atoms with Gasteiger partial charge in [0.15, 0.2) is 0 Å². The molecule has 0 amide bonds. The van der Waals surface area contributed by atoms with Crippen LogP contribution in [0.3, 0.4) is 0 Å². The molecule has 1 heterocycles. The minimum atomic E-state index is 1.17. The van der Waals surface area contributed by atoms with Crippen LogP contribution < -0.4 is 0 Å². The van der Waals surface area contributed by atoms with Crippen LogP contribution in [0.25, 0.3) is 5.57 Å². The Morgan fingerprint density at radius 1 is 1.46 bits per heavy atom. The molecule has 1 aromatic rings. The SMILES string of the molecule is C/C=C/C(C)=C=C(C)c1ccsc1. The van der Waals surface area contributed by atoms with Crippen LogP contribution in [-0.2, 0) is 0 Å². The van der Waals surface area contributed by atoms with Gasteiger partial charge in [-0.3, -0.25) is 0 Å². The van der Waals surface area contributed by atoms with E-state index >= 15 is 0 Å². The van der Waals surface area contributed by atoms with Crippen LogP contribution in [0.2, 0.25) is 0 Å². The lowest BCUT2D eigenvalue weighted by Gasteiger charge is -1.91. The maximum Gasteiger partial charge on any atom is -0.000788 e. The monoisotopic (exact) mass is 190 g/mol. The fourth-order valence-corrected chi connectivity index (χ4v) is 1.84. The highest BCUT2D eigenvalue weighted by Gasteiger charge is 1.92. The maximum atomic E-state index is 3.34. The predicted molar refractivity (Wildman–Crippen MR) is 60.9 cm³/mol. The van der Waals surface area contributed by atoms with Crippen molar-refractivity contribution < 1.29 is 0 Å². The van der Waals surface area contributed by atoms with Gasteiger partial charge in [0.1, 0.15) is 0 Å². The van der Waals surface area contributed by atoms with E-state index in [4.69, 9.17) is 0 Å². The molecule has 0 atom stereocenters. The molecule has 68 valence electrons. The number of rotatable bonds is 2. The van der Waals surface area contributed by atoms with Crippen molar-refractivity contribution in [1.82, 2.24) is 0 Å². The van der Waals surface area contributed by atoms with Gasteiger partial charge in [0.25, 0.3) is 0 Å². The molecule has 0 saturated carbocycles. The Bertz CT molecular complexity index is 346. The highest BCUT2D eigenvalue weighted by atomic mass is 32.1. The van der Waals surface area contributed by atoms with Crippen molar-refractivity contribution in [2.45, 2.75) is 20.8 Å². The van der Waals surface area contributed by atoms with Crippen molar-refractivity contribution in [2.24, 2.45) is 0 Å².